The van der Waals surface area contributed by atoms with Gasteiger partial charge in [0.25, 0.3) is 5.91 Å². The predicted octanol–water partition coefficient (Wildman–Crippen LogP) is 0.702. The molecule has 0 aliphatic heterocycles. The van der Waals surface area contributed by atoms with E-state index in [4.69, 9.17) is 4.74 Å². The first kappa shape index (κ1) is 16.5. The number of anilines is 2. The molecule has 8 nitrogen and oxygen atoms in total. The molecule has 1 aromatic heterocycles. The van der Waals surface area contributed by atoms with Crippen LogP contribution in [0.3, 0.4) is 0 Å². The number of ether oxygens (including phenoxy) is 1. The van der Waals surface area contributed by atoms with Crippen LogP contribution < -0.4 is 19.7 Å². The Morgan fingerprint density at radius 3 is 2.74 bits per heavy atom. The molecule has 122 valence electrons. The summed E-state index contributed by atoms with van der Waals surface area (Å²) in [5.74, 6) is -0.402. The maximum Gasteiger partial charge on any atom is 0.292 e. The summed E-state index contributed by atoms with van der Waals surface area (Å²) >= 11 is 0. The van der Waals surface area contributed by atoms with Gasteiger partial charge in [0, 0.05) is 13.0 Å². The van der Waals surface area contributed by atoms with Crippen LogP contribution in [-0.4, -0.2) is 28.7 Å². The van der Waals surface area contributed by atoms with Gasteiger partial charge in [-0.05, 0) is 12.1 Å². The van der Waals surface area contributed by atoms with E-state index in [-0.39, 0.29) is 18.1 Å². The third-order valence-electron chi connectivity index (χ3n) is 3.12. The number of benzene rings is 1. The third-order valence-corrected chi connectivity index (χ3v) is 3.12. The highest BCUT2D eigenvalue weighted by atomic mass is 16.5. The fourth-order valence-corrected chi connectivity index (χ4v) is 2.07. The summed E-state index contributed by atoms with van der Waals surface area (Å²) < 4.78 is 8.61. The van der Waals surface area contributed by atoms with Crippen molar-refractivity contribution in [2.75, 3.05) is 17.5 Å². The Balaban J connectivity index is 2.16. The zero-order valence-electron chi connectivity index (χ0n) is 13.2. The lowest BCUT2D eigenvalue weighted by atomic mass is 10.2. The van der Waals surface area contributed by atoms with Gasteiger partial charge in [-0.15, -0.1) is 0 Å². The van der Waals surface area contributed by atoms with Crippen LogP contribution in [0.2, 0.25) is 0 Å². The van der Waals surface area contributed by atoms with E-state index in [2.05, 4.69) is 5.32 Å². The Morgan fingerprint density at radius 2 is 2.17 bits per heavy atom. The van der Waals surface area contributed by atoms with E-state index >= 15 is 0 Å². The minimum absolute atomic E-state index is 0.00684. The van der Waals surface area contributed by atoms with Crippen LogP contribution in [0.4, 0.5) is 11.4 Å². The lowest BCUT2D eigenvalue weighted by molar-refractivity contribution is -0.671. The van der Waals surface area contributed by atoms with Gasteiger partial charge in [0.05, 0.1) is 25.5 Å². The minimum Gasteiger partial charge on any atom is -0.494 e. The Labute approximate surface area is 133 Å². The summed E-state index contributed by atoms with van der Waals surface area (Å²) in [4.78, 5) is 23.2. The molecular weight excluding hydrogens is 300 g/mol. The van der Waals surface area contributed by atoms with Crippen molar-refractivity contribution < 1.29 is 24.1 Å². The third kappa shape index (κ3) is 4.07. The highest BCUT2D eigenvalue weighted by Gasteiger charge is 2.18. The SMILES string of the molecule is COc1cc(N(O)C(=O)Cn2cc[n+](C)c2)ccc1NC(C)=O. The average Bonchev–Trinajstić information content (AvgIpc) is 2.91. The van der Waals surface area contributed by atoms with Crippen molar-refractivity contribution in [3.8, 4) is 5.75 Å². The number of rotatable bonds is 5. The Bertz CT molecular complexity index is 726. The molecule has 0 atom stereocenters. The molecule has 0 bridgehead atoms. The predicted molar refractivity (Wildman–Crippen MR) is 82.2 cm³/mol. The molecule has 23 heavy (non-hydrogen) atoms. The number of hydrogen-bond acceptors (Lipinski definition) is 4. The number of nitrogens with one attached hydrogen (secondary N) is 1. The first-order valence-electron chi connectivity index (χ1n) is 6.89. The van der Waals surface area contributed by atoms with Crippen molar-refractivity contribution in [3.05, 3.63) is 36.9 Å². The highest BCUT2D eigenvalue weighted by Crippen LogP contribution is 2.29. The molecule has 8 heteroatoms. The number of aryl methyl sites for hydroxylation is 1. The van der Waals surface area contributed by atoms with Crippen LogP contribution in [0.5, 0.6) is 5.75 Å². The van der Waals surface area contributed by atoms with Crippen molar-refractivity contribution in [3.63, 3.8) is 0 Å². The Hall–Kier alpha value is -2.87. The van der Waals surface area contributed by atoms with E-state index < -0.39 is 5.91 Å². The molecule has 1 heterocycles. The number of carbonyl (C=O) groups excluding carboxylic acids is 2. The molecule has 0 radical (unpaired) electrons. The maximum absolute atomic E-state index is 12.1. The van der Waals surface area contributed by atoms with Crippen LogP contribution >= 0.6 is 0 Å². The van der Waals surface area contributed by atoms with E-state index in [1.807, 2.05) is 7.05 Å². The summed E-state index contributed by atoms with van der Waals surface area (Å²) in [6, 6.07) is 4.54. The molecule has 0 aliphatic carbocycles. The number of nitrogens with zero attached hydrogens (tertiary/aromatic N) is 3. The number of hydroxylamine groups is 1. The van der Waals surface area contributed by atoms with Crippen molar-refractivity contribution in [2.24, 2.45) is 7.05 Å². The molecule has 2 rings (SSSR count). The van der Waals surface area contributed by atoms with Crippen molar-refractivity contribution in [1.29, 1.82) is 0 Å². The summed E-state index contributed by atoms with van der Waals surface area (Å²) in [6.07, 6.45) is 5.25. The van der Waals surface area contributed by atoms with Gasteiger partial charge in [-0.3, -0.25) is 14.8 Å². The van der Waals surface area contributed by atoms with Gasteiger partial charge in [0.1, 0.15) is 18.1 Å². The number of amides is 2. The number of carbonyl (C=O) groups is 2. The van der Waals surface area contributed by atoms with Gasteiger partial charge in [-0.2, -0.15) is 5.06 Å². The van der Waals surface area contributed by atoms with Gasteiger partial charge < -0.3 is 10.1 Å². The molecule has 0 spiro atoms. The summed E-state index contributed by atoms with van der Waals surface area (Å²) in [7, 11) is 3.27. The Morgan fingerprint density at radius 1 is 1.43 bits per heavy atom. The van der Waals surface area contributed by atoms with E-state index in [1.54, 1.807) is 33.9 Å². The smallest absolute Gasteiger partial charge is 0.292 e. The lowest BCUT2D eigenvalue weighted by Gasteiger charge is -2.16. The van der Waals surface area contributed by atoms with Crippen LogP contribution in [0, 0.1) is 0 Å². The Kier molecular flexibility index (Phi) is 4.97. The molecule has 2 N–H and O–H groups in total. The molecule has 0 saturated carbocycles. The standard InChI is InChI=1S/C15H18N4O4/c1-11(20)16-13-5-4-12(8-14(13)23-3)19(22)15(21)9-18-7-6-17(2)10-18/h4-8,10,22H,9H2,1-3H3/p+1. The fourth-order valence-electron chi connectivity index (χ4n) is 2.07. The highest BCUT2D eigenvalue weighted by molar-refractivity contribution is 5.93. The second kappa shape index (κ2) is 6.93. The van der Waals surface area contributed by atoms with Gasteiger partial charge in [-0.25, -0.2) is 9.13 Å². The van der Waals surface area contributed by atoms with Crippen molar-refractivity contribution >= 4 is 23.2 Å². The first-order chi connectivity index (χ1) is 10.9. The van der Waals surface area contributed by atoms with Crippen LogP contribution in [0.1, 0.15) is 6.92 Å². The van der Waals surface area contributed by atoms with E-state index in [1.165, 1.54) is 26.2 Å². The zero-order chi connectivity index (χ0) is 17.0. The monoisotopic (exact) mass is 319 g/mol. The van der Waals surface area contributed by atoms with E-state index in [0.717, 1.165) is 0 Å². The van der Waals surface area contributed by atoms with Gasteiger partial charge in [-0.1, -0.05) is 0 Å². The second-order valence-corrected chi connectivity index (χ2v) is 5.02. The lowest BCUT2D eigenvalue weighted by Crippen LogP contribution is -2.31. The molecule has 2 aromatic rings. The molecule has 2 amide bonds. The summed E-state index contributed by atoms with van der Waals surface area (Å²) in [5, 5.41) is 13.2. The summed E-state index contributed by atoms with van der Waals surface area (Å²) in [6.45, 7) is 1.37. The first-order valence-corrected chi connectivity index (χ1v) is 6.89. The van der Waals surface area contributed by atoms with Gasteiger partial charge in [0.15, 0.2) is 6.54 Å². The van der Waals surface area contributed by atoms with Crippen LogP contribution in [0.25, 0.3) is 0 Å². The van der Waals surface area contributed by atoms with E-state index in [0.29, 0.717) is 16.5 Å². The summed E-state index contributed by atoms with van der Waals surface area (Å²) in [5.41, 5.74) is 0.708. The second-order valence-electron chi connectivity index (χ2n) is 5.02. The normalized spacial score (nSPS) is 10.3. The molecule has 0 aliphatic rings. The number of methoxy groups -OCH3 is 1. The zero-order valence-corrected chi connectivity index (χ0v) is 13.2. The van der Waals surface area contributed by atoms with Crippen molar-refractivity contribution in [1.82, 2.24) is 4.57 Å². The molecule has 1 aromatic carbocycles. The van der Waals surface area contributed by atoms with Crippen molar-refractivity contribution in [2.45, 2.75) is 13.5 Å². The van der Waals surface area contributed by atoms with Gasteiger partial charge in [0.2, 0.25) is 12.2 Å². The van der Waals surface area contributed by atoms with E-state index in [9.17, 15) is 14.8 Å². The molecule has 0 saturated heterocycles. The number of imidazole rings is 1. The molecule has 0 unspecified atom stereocenters. The topological polar surface area (TPSA) is 87.7 Å². The van der Waals surface area contributed by atoms with Crippen LogP contribution in [0.15, 0.2) is 36.9 Å². The number of hydrogen-bond donors (Lipinski definition) is 2. The average molecular weight is 319 g/mol. The minimum atomic E-state index is -0.504. The molecule has 0 fully saturated rings. The quantitative estimate of drug-likeness (QED) is 0.482. The van der Waals surface area contributed by atoms with Crippen LogP contribution in [-0.2, 0) is 23.2 Å². The largest absolute Gasteiger partial charge is 0.494 e. The maximum atomic E-state index is 12.1. The molecular formula is C15H19N4O4+. The number of aromatic nitrogens is 2. The van der Waals surface area contributed by atoms with Gasteiger partial charge >= 0.3 is 0 Å². The fraction of sp³-hybridized carbons (Fsp3) is 0.267.